The fourth-order valence-electron chi connectivity index (χ4n) is 2.53. The van der Waals surface area contributed by atoms with Gasteiger partial charge in [0.15, 0.2) is 0 Å². The Bertz CT molecular complexity index is 565. The summed E-state index contributed by atoms with van der Waals surface area (Å²) in [6.07, 6.45) is 2.26. The highest BCUT2D eigenvalue weighted by atomic mass is 16.5. The standard InChI is InChI=1S/C17H19NO/c1-13-6-2-5-9-17(13)19-12-15-11-10-14-7-3-4-8-16(14)18-15/h2-9,15,18H,10-12H2,1H3. The zero-order valence-corrected chi connectivity index (χ0v) is 11.2. The molecule has 0 bridgehead atoms. The highest BCUT2D eigenvalue weighted by Gasteiger charge is 2.17. The predicted octanol–water partition coefficient (Wildman–Crippen LogP) is 3.80. The van der Waals surface area contributed by atoms with Gasteiger partial charge in [-0.1, -0.05) is 36.4 Å². The molecular weight excluding hydrogens is 234 g/mol. The molecule has 1 aliphatic heterocycles. The fraction of sp³-hybridized carbons (Fsp3) is 0.294. The average Bonchev–Trinajstić information content (AvgIpc) is 2.46. The van der Waals surface area contributed by atoms with E-state index in [2.05, 4.69) is 42.6 Å². The monoisotopic (exact) mass is 253 g/mol. The number of benzene rings is 2. The molecule has 0 radical (unpaired) electrons. The Kier molecular flexibility index (Phi) is 3.41. The third-order valence-corrected chi connectivity index (χ3v) is 3.67. The van der Waals surface area contributed by atoms with Gasteiger partial charge in [0.25, 0.3) is 0 Å². The largest absolute Gasteiger partial charge is 0.491 e. The lowest BCUT2D eigenvalue weighted by molar-refractivity contribution is 0.287. The molecule has 0 saturated carbocycles. The number of hydrogen-bond acceptors (Lipinski definition) is 2. The van der Waals surface area contributed by atoms with Crippen molar-refractivity contribution in [2.75, 3.05) is 11.9 Å². The Labute approximate surface area is 114 Å². The number of hydrogen-bond donors (Lipinski definition) is 1. The first-order valence-electron chi connectivity index (χ1n) is 6.86. The van der Waals surface area contributed by atoms with Crippen LogP contribution in [0.15, 0.2) is 48.5 Å². The number of anilines is 1. The van der Waals surface area contributed by atoms with E-state index in [1.807, 2.05) is 18.2 Å². The summed E-state index contributed by atoms with van der Waals surface area (Å²) < 4.78 is 5.93. The summed E-state index contributed by atoms with van der Waals surface area (Å²) >= 11 is 0. The average molecular weight is 253 g/mol. The molecule has 2 aromatic carbocycles. The van der Waals surface area contributed by atoms with Crippen molar-refractivity contribution in [2.24, 2.45) is 0 Å². The van der Waals surface area contributed by atoms with Gasteiger partial charge in [0.05, 0.1) is 6.04 Å². The molecule has 19 heavy (non-hydrogen) atoms. The van der Waals surface area contributed by atoms with Crippen LogP contribution in [0.3, 0.4) is 0 Å². The van der Waals surface area contributed by atoms with Gasteiger partial charge in [-0.3, -0.25) is 0 Å². The van der Waals surface area contributed by atoms with Gasteiger partial charge in [-0.15, -0.1) is 0 Å². The Hall–Kier alpha value is -1.96. The molecule has 3 rings (SSSR count). The number of para-hydroxylation sites is 2. The number of fused-ring (bicyclic) bond motifs is 1. The molecule has 0 saturated heterocycles. The topological polar surface area (TPSA) is 21.3 Å². The van der Waals surface area contributed by atoms with Gasteiger partial charge in [-0.05, 0) is 43.0 Å². The lowest BCUT2D eigenvalue weighted by Crippen LogP contribution is -2.31. The van der Waals surface area contributed by atoms with Crippen LogP contribution in [0.1, 0.15) is 17.5 Å². The van der Waals surface area contributed by atoms with Crippen molar-refractivity contribution in [1.29, 1.82) is 0 Å². The number of ether oxygens (including phenoxy) is 1. The van der Waals surface area contributed by atoms with E-state index >= 15 is 0 Å². The van der Waals surface area contributed by atoms with Crippen molar-refractivity contribution in [3.63, 3.8) is 0 Å². The van der Waals surface area contributed by atoms with Gasteiger partial charge in [0, 0.05) is 5.69 Å². The van der Waals surface area contributed by atoms with Gasteiger partial charge in [-0.2, -0.15) is 0 Å². The number of aryl methyl sites for hydroxylation is 2. The van der Waals surface area contributed by atoms with Gasteiger partial charge in [0.1, 0.15) is 12.4 Å². The second kappa shape index (κ2) is 5.35. The zero-order chi connectivity index (χ0) is 13.1. The van der Waals surface area contributed by atoms with E-state index in [4.69, 9.17) is 4.74 Å². The molecule has 98 valence electrons. The highest BCUT2D eigenvalue weighted by molar-refractivity contribution is 5.53. The first-order valence-corrected chi connectivity index (χ1v) is 6.86. The molecule has 0 spiro atoms. The van der Waals surface area contributed by atoms with Crippen molar-refractivity contribution in [2.45, 2.75) is 25.8 Å². The minimum absolute atomic E-state index is 0.398. The SMILES string of the molecule is Cc1ccccc1OCC1CCc2ccccc2N1. The smallest absolute Gasteiger partial charge is 0.122 e. The Morgan fingerprint density at radius 3 is 2.79 bits per heavy atom. The van der Waals surface area contributed by atoms with Gasteiger partial charge in [0.2, 0.25) is 0 Å². The van der Waals surface area contributed by atoms with Crippen LogP contribution in [0.2, 0.25) is 0 Å². The van der Waals surface area contributed by atoms with Crippen LogP contribution in [0.4, 0.5) is 5.69 Å². The number of nitrogens with one attached hydrogen (secondary N) is 1. The summed E-state index contributed by atoms with van der Waals surface area (Å²) in [6, 6.07) is 17.1. The molecule has 0 aliphatic carbocycles. The van der Waals surface area contributed by atoms with Crippen LogP contribution in [0, 0.1) is 6.92 Å². The molecular formula is C17H19NO. The summed E-state index contributed by atoms with van der Waals surface area (Å²) in [6.45, 7) is 2.80. The van der Waals surface area contributed by atoms with Crippen LogP contribution >= 0.6 is 0 Å². The third-order valence-electron chi connectivity index (χ3n) is 3.67. The van der Waals surface area contributed by atoms with Gasteiger partial charge < -0.3 is 10.1 Å². The first-order chi connectivity index (χ1) is 9.33. The Morgan fingerprint density at radius 1 is 1.11 bits per heavy atom. The van der Waals surface area contributed by atoms with Gasteiger partial charge >= 0.3 is 0 Å². The summed E-state index contributed by atoms with van der Waals surface area (Å²) in [4.78, 5) is 0. The Morgan fingerprint density at radius 2 is 1.89 bits per heavy atom. The summed E-state index contributed by atoms with van der Waals surface area (Å²) in [5.41, 5.74) is 3.86. The van der Waals surface area contributed by atoms with Crippen molar-refractivity contribution < 1.29 is 4.74 Å². The van der Waals surface area contributed by atoms with E-state index in [9.17, 15) is 0 Å². The molecule has 1 aliphatic rings. The number of rotatable bonds is 3. The van der Waals surface area contributed by atoms with Crippen LogP contribution in [-0.2, 0) is 6.42 Å². The van der Waals surface area contributed by atoms with Gasteiger partial charge in [-0.25, -0.2) is 0 Å². The van der Waals surface area contributed by atoms with Crippen LogP contribution in [-0.4, -0.2) is 12.6 Å². The van der Waals surface area contributed by atoms with E-state index in [-0.39, 0.29) is 0 Å². The van der Waals surface area contributed by atoms with E-state index in [1.54, 1.807) is 0 Å². The van der Waals surface area contributed by atoms with E-state index in [1.165, 1.54) is 16.8 Å². The van der Waals surface area contributed by atoms with E-state index in [0.29, 0.717) is 6.04 Å². The molecule has 2 heteroatoms. The maximum atomic E-state index is 5.93. The molecule has 2 aromatic rings. The molecule has 2 nitrogen and oxygen atoms in total. The molecule has 0 aromatic heterocycles. The van der Waals surface area contributed by atoms with Crippen molar-refractivity contribution >= 4 is 5.69 Å². The van der Waals surface area contributed by atoms with Crippen molar-refractivity contribution in [1.82, 2.24) is 0 Å². The third kappa shape index (κ3) is 2.73. The van der Waals surface area contributed by atoms with E-state index < -0.39 is 0 Å². The van der Waals surface area contributed by atoms with Crippen molar-refractivity contribution in [3.05, 3.63) is 59.7 Å². The second-order valence-electron chi connectivity index (χ2n) is 5.11. The van der Waals surface area contributed by atoms with E-state index in [0.717, 1.165) is 25.2 Å². The summed E-state index contributed by atoms with van der Waals surface area (Å²) in [5, 5.41) is 3.56. The molecule has 0 amide bonds. The molecule has 1 unspecified atom stereocenters. The van der Waals surface area contributed by atoms with Crippen LogP contribution < -0.4 is 10.1 Å². The predicted molar refractivity (Wildman–Crippen MR) is 78.8 cm³/mol. The second-order valence-corrected chi connectivity index (χ2v) is 5.11. The van der Waals surface area contributed by atoms with Crippen molar-refractivity contribution in [3.8, 4) is 5.75 Å². The summed E-state index contributed by atoms with van der Waals surface area (Å²) in [7, 11) is 0. The summed E-state index contributed by atoms with van der Waals surface area (Å²) in [5.74, 6) is 0.989. The first kappa shape index (κ1) is 12.1. The fourth-order valence-corrected chi connectivity index (χ4v) is 2.53. The quantitative estimate of drug-likeness (QED) is 0.898. The molecule has 1 heterocycles. The Balaban J connectivity index is 1.62. The lowest BCUT2D eigenvalue weighted by Gasteiger charge is -2.27. The maximum absolute atomic E-state index is 5.93. The minimum atomic E-state index is 0.398. The van der Waals surface area contributed by atoms with Crippen LogP contribution in [0.25, 0.3) is 0 Å². The molecule has 0 fully saturated rings. The zero-order valence-electron chi connectivity index (χ0n) is 11.2. The molecule has 1 atom stereocenters. The minimum Gasteiger partial charge on any atom is -0.491 e. The maximum Gasteiger partial charge on any atom is 0.122 e. The normalized spacial score (nSPS) is 17.4. The lowest BCUT2D eigenvalue weighted by atomic mass is 9.99. The van der Waals surface area contributed by atoms with Crippen LogP contribution in [0.5, 0.6) is 5.75 Å². The molecule has 1 N–H and O–H groups in total. The highest BCUT2D eigenvalue weighted by Crippen LogP contribution is 2.25.